The van der Waals surface area contributed by atoms with Crippen LogP contribution in [0.25, 0.3) is 4.91 Å². The van der Waals surface area contributed by atoms with E-state index in [1.54, 1.807) is 11.8 Å². The maximum absolute atomic E-state index is 5.80. The van der Waals surface area contributed by atoms with Crippen molar-refractivity contribution in [3.05, 3.63) is 82.4 Å². The number of fused-ring (bicyclic) bond motifs is 1. The molecule has 0 aliphatic heterocycles. The number of hydrogen-bond donors (Lipinski definition) is 1. The lowest BCUT2D eigenvalue weighted by molar-refractivity contribution is 0.912. The van der Waals surface area contributed by atoms with Gasteiger partial charge >= 0.3 is 0 Å². The number of aryl methyl sites for hydroxylation is 4. The summed E-state index contributed by atoms with van der Waals surface area (Å²) in [5.74, 6) is 0. The molecule has 0 radical (unpaired) electrons. The zero-order valence-electron chi connectivity index (χ0n) is 16.6. The van der Waals surface area contributed by atoms with Crippen molar-refractivity contribution >= 4 is 22.4 Å². The Hall–Kier alpha value is -1.93. The molecule has 2 aromatic carbocycles. The fourth-order valence-corrected chi connectivity index (χ4v) is 3.64. The normalized spacial score (nSPS) is 12.2. The first kappa shape index (κ1) is 20.4. The summed E-state index contributed by atoms with van der Waals surface area (Å²) in [7, 11) is 0. The molecule has 0 fully saturated rings. The van der Waals surface area contributed by atoms with E-state index in [0.29, 0.717) is 0 Å². The summed E-state index contributed by atoms with van der Waals surface area (Å²) in [5.41, 5.74) is 16.0. The summed E-state index contributed by atoms with van der Waals surface area (Å²) in [6.07, 6.45) is 6.87. The number of nitrogens with two attached hydrogens (primary N) is 1. The lowest BCUT2D eigenvalue weighted by atomic mass is 9.99. The van der Waals surface area contributed by atoms with Crippen LogP contribution in [0.3, 0.4) is 0 Å². The Bertz CT molecular complexity index is 817. The van der Waals surface area contributed by atoms with Crippen molar-refractivity contribution in [1.29, 1.82) is 0 Å². The van der Waals surface area contributed by atoms with Gasteiger partial charge in [-0.2, -0.15) is 0 Å². The SMILES string of the molecule is C=C(C)Cc1cc(C)c(N)cc1C.C=C(SC)c1ccc2c(c1)CCC2. The highest BCUT2D eigenvalue weighted by molar-refractivity contribution is 8.07. The average molecular weight is 366 g/mol. The van der Waals surface area contributed by atoms with Crippen LogP contribution >= 0.6 is 11.8 Å². The zero-order valence-corrected chi connectivity index (χ0v) is 17.4. The van der Waals surface area contributed by atoms with Gasteiger partial charge in [-0.1, -0.05) is 43.0 Å². The molecule has 0 heterocycles. The molecule has 2 aromatic rings. The average Bonchev–Trinajstić information content (AvgIpc) is 3.06. The van der Waals surface area contributed by atoms with E-state index in [9.17, 15) is 0 Å². The van der Waals surface area contributed by atoms with Gasteiger partial charge in [0.15, 0.2) is 0 Å². The first-order chi connectivity index (χ1) is 12.3. The molecular formula is C24H31NS. The first-order valence-electron chi connectivity index (χ1n) is 9.17. The van der Waals surface area contributed by atoms with Crippen LogP contribution in [-0.4, -0.2) is 6.26 Å². The fourth-order valence-electron chi connectivity index (χ4n) is 3.28. The quantitative estimate of drug-likeness (QED) is 0.493. The van der Waals surface area contributed by atoms with Gasteiger partial charge in [0.05, 0.1) is 0 Å². The first-order valence-corrected chi connectivity index (χ1v) is 10.4. The number of rotatable bonds is 4. The highest BCUT2D eigenvalue weighted by atomic mass is 32.2. The Morgan fingerprint density at radius 3 is 2.38 bits per heavy atom. The van der Waals surface area contributed by atoms with Crippen LogP contribution in [0.5, 0.6) is 0 Å². The molecule has 1 aliphatic carbocycles. The van der Waals surface area contributed by atoms with Gasteiger partial charge in [0.2, 0.25) is 0 Å². The van der Waals surface area contributed by atoms with Crippen molar-refractivity contribution in [3.8, 4) is 0 Å². The van der Waals surface area contributed by atoms with Crippen LogP contribution in [0.4, 0.5) is 5.69 Å². The second-order valence-corrected chi connectivity index (χ2v) is 8.13. The molecule has 0 aromatic heterocycles. The third kappa shape index (κ3) is 5.28. The summed E-state index contributed by atoms with van der Waals surface area (Å²) in [4.78, 5) is 1.18. The van der Waals surface area contributed by atoms with Crippen LogP contribution in [0.2, 0.25) is 0 Å². The second-order valence-electron chi connectivity index (χ2n) is 7.23. The fraction of sp³-hybridized carbons (Fsp3) is 0.333. The zero-order chi connectivity index (χ0) is 19.3. The monoisotopic (exact) mass is 365 g/mol. The molecule has 138 valence electrons. The van der Waals surface area contributed by atoms with Gasteiger partial charge < -0.3 is 5.73 Å². The number of anilines is 1. The van der Waals surface area contributed by atoms with E-state index in [4.69, 9.17) is 5.73 Å². The highest BCUT2D eigenvalue weighted by Gasteiger charge is 2.11. The molecule has 1 aliphatic rings. The topological polar surface area (TPSA) is 26.0 Å². The third-order valence-corrected chi connectivity index (χ3v) is 5.61. The molecule has 0 saturated carbocycles. The summed E-state index contributed by atoms with van der Waals surface area (Å²) >= 11 is 1.73. The smallest absolute Gasteiger partial charge is 0.0346 e. The van der Waals surface area contributed by atoms with E-state index in [-0.39, 0.29) is 0 Å². The Balaban J connectivity index is 0.000000187. The number of allylic oxidation sites excluding steroid dienone is 1. The maximum atomic E-state index is 5.80. The number of thioether (sulfide) groups is 1. The summed E-state index contributed by atoms with van der Waals surface area (Å²) < 4.78 is 0. The standard InChI is InChI=1S/C12H17N.C12H14S/c1-8(2)5-11-6-10(4)12(13)7-9(11)3;1-9(13-2)11-7-6-10-4-3-5-12(10)8-11/h6-7H,1,5,13H2,2-4H3;6-8H,1,3-5H2,2H3. The van der Waals surface area contributed by atoms with Crippen molar-refractivity contribution in [2.24, 2.45) is 0 Å². The number of nitrogen functional groups attached to an aromatic ring is 1. The van der Waals surface area contributed by atoms with E-state index < -0.39 is 0 Å². The molecule has 1 nitrogen and oxygen atoms in total. The Morgan fingerprint density at radius 1 is 1.04 bits per heavy atom. The van der Waals surface area contributed by atoms with Crippen molar-refractivity contribution in [3.63, 3.8) is 0 Å². The molecular weight excluding hydrogens is 334 g/mol. The largest absolute Gasteiger partial charge is 0.399 e. The highest BCUT2D eigenvalue weighted by Crippen LogP contribution is 2.28. The van der Waals surface area contributed by atoms with Crippen molar-refractivity contribution in [2.45, 2.75) is 46.5 Å². The maximum Gasteiger partial charge on any atom is 0.0346 e. The molecule has 0 saturated heterocycles. The number of hydrogen-bond acceptors (Lipinski definition) is 2. The molecule has 2 N–H and O–H groups in total. The minimum absolute atomic E-state index is 0.878. The van der Waals surface area contributed by atoms with Gasteiger partial charge in [-0.05, 0) is 92.2 Å². The van der Waals surface area contributed by atoms with Crippen molar-refractivity contribution in [1.82, 2.24) is 0 Å². The molecule has 3 rings (SSSR count). The second kappa shape index (κ2) is 9.14. The molecule has 26 heavy (non-hydrogen) atoms. The number of benzene rings is 2. The predicted octanol–water partition coefficient (Wildman–Crippen LogP) is 6.51. The van der Waals surface area contributed by atoms with E-state index in [1.165, 1.54) is 57.6 Å². The lowest BCUT2D eigenvalue weighted by Crippen LogP contribution is -1.96. The minimum atomic E-state index is 0.878. The molecule has 2 heteroatoms. The van der Waals surface area contributed by atoms with Gasteiger partial charge in [-0.15, -0.1) is 11.8 Å². The van der Waals surface area contributed by atoms with E-state index in [0.717, 1.165) is 17.7 Å². The van der Waals surface area contributed by atoms with E-state index >= 15 is 0 Å². The van der Waals surface area contributed by atoms with Gasteiger partial charge in [-0.25, -0.2) is 0 Å². The third-order valence-electron chi connectivity index (χ3n) is 4.88. The van der Waals surface area contributed by atoms with Crippen LogP contribution in [0, 0.1) is 13.8 Å². The van der Waals surface area contributed by atoms with E-state index in [1.807, 2.05) is 19.9 Å². The molecule has 0 spiro atoms. The van der Waals surface area contributed by atoms with Gasteiger partial charge in [-0.3, -0.25) is 0 Å². The Labute approximate surface area is 163 Å². The Morgan fingerprint density at radius 2 is 1.73 bits per heavy atom. The van der Waals surface area contributed by atoms with Crippen LogP contribution < -0.4 is 5.73 Å². The van der Waals surface area contributed by atoms with Crippen LogP contribution in [0.1, 0.15) is 46.7 Å². The molecule has 0 bridgehead atoms. The molecule has 0 atom stereocenters. The minimum Gasteiger partial charge on any atom is -0.399 e. The lowest BCUT2D eigenvalue weighted by Gasteiger charge is -2.09. The van der Waals surface area contributed by atoms with Gasteiger partial charge in [0, 0.05) is 10.6 Å². The summed E-state index contributed by atoms with van der Waals surface area (Å²) in [6.45, 7) is 14.1. The van der Waals surface area contributed by atoms with Gasteiger partial charge in [0.1, 0.15) is 0 Å². The van der Waals surface area contributed by atoms with Crippen molar-refractivity contribution < 1.29 is 0 Å². The predicted molar refractivity (Wildman–Crippen MR) is 120 cm³/mol. The van der Waals surface area contributed by atoms with Crippen LogP contribution in [0.15, 0.2) is 49.1 Å². The molecule has 0 unspecified atom stereocenters. The summed E-state index contributed by atoms with van der Waals surface area (Å²) in [5, 5.41) is 0. The Kier molecular flexibility index (Phi) is 7.16. The summed E-state index contributed by atoms with van der Waals surface area (Å²) in [6, 6.07) is 11.0. The molecule has 0 amide bonds. The van der Waals surface area contributed by atoms with Crippen molar-refractivity contribution in [2.75, 3.05) is 12.0 Å². The van der Waals surface area contributed by atoms with Crippen LogP contribution in [-0.2, 0) is 19.3 Å². The van der Waals surface area contributed by atoms with Gasteiger partial charge in [0.25, 0.3) is 0 Å². The van der Waals surface area contributed by atoms with E-state index in [2.05, 4.69) is 50.6 Å².